The fourth-order valence-corrected chi connectivity index (χ4v) is 2.58. The number of aliphatic hydroxyl groups is 2. The molecule has 20 heavy (non-hydrogen) atoms. The van der Waals surface area contributed by atoms with Crippen molar-refractivity contribution < 1.29 is 32.1 Å². The summed E-state index contributed by atoms with van der Waals surface area (Å²) in [6, 6.07) is 2.95. The molecule has 0 amide bonds. The molecule has 1 unspecified atom stereocenters. The van der Waals surface area contributed by atoms with E-state index in [9.17, 15) is 17.2 Å². The second kappa shape index (κ2) is 7.14. The summed E-state index contributed by atoms with van der Waals surface area (Å²) in [6.45, 7) is -4.08. The van der Waals surface area contributed by atoms with Crippen LogP contribution in [0.3, 0.4) is 0 Å². The fraction of sp³-hybridized carbons (Fsp3) is 0.400. The van der Waals surface area contributed by atoms with Crippen LogP contribution in [-0.4, -0.2) is 44.5 Å². The number of benzene rings is 1. The molecule has 1 aromatic carbocycles. The van der Waals surface area contributed by atoms with Gasteiger partial charge in [-0.3, -0.25) is 0 Å². The van der Waals surface area contributed by atoms with Crippen LogP contribution >= 0.6 is 11.6 Å². The lowest BCUT2D eigenvalue weighted by molar-refractivity contribution is -0.0498. The second-order valence-electron chi connectivity index (χ2n) is 3.66. The van der Waals surface area contributed by atoms with Gasteiger partial charge < -0.3 is 14.9 Å². The lowest BCUT2D eigenvalue weighted by atomic mass is 10.3. The van der Waals surface area contributed by atoms with E-state index in [1.54, 1.807) is 0 Å². The van der Waals surface area contributed by atoms with Gasteiger partial charge in [-0.15, -0.1) is 0 Å². The van der Waals surface area contributed by atoms with E-state index in [2.05, 4.69) is 4.74 Å². The number of hydrogen-bond acceptors (Lipinski definition) is 5. The van der Waals surface area contributed by atoms with E-state index in [1.807, 2.05) is 4.72 Å². The molecule has 0 fully saturated rings. The Kier molecular flexibility index (Phi) is 6.08. The van der Waals surface area contributed by atoms with Crippen molar-refractivity contribution in [2.45, 2.75) is 17.6 Å². The molecule has 0 spiro atoms. The first-order chi connectivity index (χ1) is 9.26. The van der Waals surface area contributed by atoms with Gasteiger partial charge in [0, 0.05) is 6.54 Å². The molecule has 0 aliphatic heterocycles. The van der Waals surface area contributed by atoms with Gasteiger partial charge in [0.2, 0.25) is 10.0 Å². The molecule has 6 nitrogen and oxygen atoms in total. The largest absolute Gasteiger partial charge is 0.433 e. The number of alkyl halides is 2. The van der Waals surface area contributed by atoms with Gasteiger partial charge in [0.25, 0.3) is 0 Å². The molecule has 0 radical (unpaired) electrons. The molecule has 0 aliphatic rings. The molecule has 0 bridgehead atoms. The lowest BCUT2D eigenvalue weighted by Crippen LogP contribution is -2.33. The Bertz CT molecular complexity index is 555. The predicted octanol–water partition coefficient (Wildman–Crippen LogP) is 0.573. The highest BCUT2D eigenvalue weighted by molar-refractivity contribution is 7.89. The van der Waals surface area contributed by atoms with Crippen LogP contribution in [0.1, 0.15) is 0 Å². The standard InChI is InChI=1S/C10H12ClF2NO5S/c11-8-3-7(1-2-9(8)19-10(12)13)20(17,18)14-4-6(16)5-15/h1-3,6,10,14-16H,4-5H2. The van der Waals surface area contributed by atoms with Crippen molar-refractivity contribution in [1.82, 2.24) is 4.72 Å². The Hall–Kier alpha value is -1.00. The summed E-state index contributed by atoms with van der Waals surface area (Å²) in [4.78, 5) is -0.283. The van der Waals surface area contributed by atoms with Crippen molar-refractivity contribution in [2.75, 3.05) is 13.2 Å². The van der Waals surface area contributed by atoms with Gasteiger partial charge in [-0.25, -0.2) is 13.1 Å². The van der Waals surface area contributed by atoms with Crippen LogP contribution in [0.2, 0.25) is 5.02 Å². The molecule has 0 heterocycles. The molecule has 0 aromatic heterocycles. The topological polar surface area (TPSA) is 95.9 Å². The third-order valence-electron chi connectivity index (χ3n) is 2.15. The van der Waals surface area contributed by atoms with Gasteiger partial charge in [-0.2, -0.15) is 8.78 Å². The van der Waals surface area contributed by atoms with Crippen molar-refractivity contribution in [3.63, 3.8) is 0 Å². The number of hydrogen-bond donors (Lipinski definition) is 3. The molecular formula is C10H12ClF2NO5S. The minimum atomic E-state index is -3.98. The van der Waals surface area contributed by atoms with E-state index < -0.39 is 35.9 Å². The maximum Gasteiger partial charge on any atom is 0.387 e. The fourth-order valence-electron chi connectivity index (χ4n) is 1.19. The van der Waals surface area contributed by atoms with E-state index in [-0.39, 0.29) is 15.7 Å². The van der Waals surface area contributed by atoms with Gasteiger partial charge in [-0.05, 0) is 18.2 Å². The Balaban J connectivity index is 2.88. The Morgan fingerprint density at radius 2 is 2.05 bits per heavy atom. The smallest absolute Gasteiger partial charge is 0.387 e. The van der Waals surface area contributed by atoms with Crippen LogP contribution in [-0.2, 0) is 10.0 Å². The number of rotatable bonds is 7. The summed E-state index contributed by atoms with van der Waals surface area (Å²) in [6.07, 6.45) is -1.25. The quantitative estimate of drug-likeness (QED) is 0.679. The van der Waals surface area contributed by atoms with Crippen LogP contribution in [0, 0.1) is 0 Å². The summed E-state index contributed by atoms with van der Waals surface area (Å²) in [5.74, 6) is -0.351. The minimum Gasteiger partial charge on any atom is -0.433 e. The summed E-state index contributed by atoms with van der Waals surface area (Å²) in [5, 5.41) is 17.3. The zero-order valence-corrected chi connectivity index (χ0v) is 11.5. The Labute approximate surface area is 119 Å². The molecule has 0 aliphatic carbocycles. The SMILES string of the molecule is O=S(=O)(NCC(O)CO)c1ccc(OC(F)F)c(Cl)c1. The van der Waals surface area contributed by atoms with Gasteiger partial charge in [0.15, 0.2) is 0 Å². The van der Waals surface area contributed by atoms with Crippen molar-refractivity contribution in [3.05, 3.63) is 23.2 Å². The predicted molar refractivity (Wildman–Crippen MR) is 66.4 cm³/mol. The molecule has 1 rings (SSSR count). The van der Waals surface area contributed by atoms with E-state index >= 15 is 0 Å². The number of nitrogens with one attached hydrogen (secondary N) is 1. The first-order valence-corrected chi connectivity index (χ1v) is 7.15. The maximum atomic E-state index is 12.0. The third kappa shape index (κ3) is 4.84. The molecule has 0 saturated heterocycles. The molecule has 1 aromatic rings. The van der Waals surface area contributed by atoms with Gasteiger partial charge in [-0.1, -0.05) is 11.6 Å². The summed E-state index contributed by atoms with van der Waals surface area (Å²) >= 11 is 5.63. The van der Waals surface area contributed by atoms with Crippen molar-refractivity contribution >= 4 is 21.6 Å². The molecule has 0 saturated carbocycles. The van der Waals surface area contributed by atoms with Crippen molar-refractivity contribution in [1.29, 1.82) is 0 Å². The molecule has 1 atom stereocenters. The Morgan fingerprint density at radius 1 is 1.40 bits per heavy atom. The van der Waals surface area contributed by atoms with E-state index in [0.717, 1.165) is 18.2 Å². The zero-order valence-electron chi connectivity index (χ0n) is 9.96. The number of sulfonamides is 1. The molecule has 10 heteroatoms. The van der Waals surface area contributed by atoms with Crippen molar-refractivity contribution in [2.24, 2.45) is 0 Å². The van der Waals surface area contributed by atoms with E-state index in [1.165, 1.54) is 0 Å². The van der Waals surface area contributed by atoms with Crippen LogP contribution in [0.5, 0.6) is 5.75 Å². The number of aliphatic hydroxyl groups excluding tert-OH is 2. The van der Waals surface area contributed by atoms with E-state index in [0.29, 0.717) is 0 Å². The average Bonchev–Trinajstić information content (AvgIpc) is 2.37. The van der Waals surface area contributed by atoms with Crippen LogP contribution < -0.4 is 9.46 Å². The number of ether oxygens (including phenoxy) is 1. The van der Waals surface area contributed by atoms with E-state index in [4.69, 9.17) is 21.8 Å². The van der Waals surface area contributed by atoms with Crippen LogP contribution in [0.15, 0.2) is 23.1 Å². The first kappa shape index (κ1) is 17.1. The van der Waals surface area contributed by atoms with Crippen LogP contribution in [0.25, 0.3) is 0 Å². The maximum absolute atomic E-state index is 12.0. The van der Waals surface area contributed by atoms with Gasteiger partial charge in [0.05, 0.1) is 22.6 Å². The first-order valence-electron chi connectivity index (χ1n) is 5.29. The normalized spacial score (nSPS) is 13.5. The zero-order chi connectivity index (χ0) is 15.3. The minimum absolute atomic E-state index is 0.283. The number of halogens is 3. The van der Waals surface area contributed by atoms with Crippen molar-refractivity contribution in [3.8, 4) is 5.75 Å². The van der Waals surface area contributed by atoms with Crippen LogP contribution in [0.4, 0.5) is 8.78 Å². The summed E-state index contributed by atoms with van der Waals surface area (Å²) < 4.78 is 53.7. The summed E-state index contributed by atoms with van der Waals surface area (Å²) in [5.41, 5.74) is 0. The highest BCUT2D eigenvalue weighted by Gasteiger charge is 2.18. The van der Waals surface area contributed by atoms with Gasteiger partial charge in [0.1, 0.15) is 5.75 Å². The molecular weight excluding hydrogens is 320 g/mol. The average molecular weight is 332 g/mol. The van der Waals surface area contributed by atoms with Gasteiger partial charge >= 0.3 is 6.61 Å². The highest BCUT2D eigenvalue weighted by atomic mass is 35.5. The molecule has 3 N–H and O–H groups in total. The highest BCUT2D eigenvalue weighted by Crippen LogP contribution is 2.28. The third-order valence-corrected chi connectivity index (χ3v) is 3.87. The summed E-state index contributed by atoms with van der Waals surface area (Å²) in [7, 11) is -3.98. The monoisotopic (exact) mass is 331 g/mol. The lowest BCUT2D eigenvalue weighted by Gasteiger charge is -2.11. The second-order valence-corrected chi connectivity index (χ2v) is 5.83. The molecule has 114 valence electrons. The Morgan fingerprint density at radius 3 is 2.55 bits per heavy atom.